The number of benzene rings is 1. The third-order valence-corrected chi connectivity index (χ3v) is 3.19. The van der Waals surface area contributed by atoms with Crippen molar-refractivity contribution >= 4 is 11.4 Å². The van der Waals surface area contributed by atoms with Gasteiger partial charge in [0.1, 0.15) is 0 Å². The van der Waals surface area contributed by atoms with Crippen molar-refractivity contribution in [1.82, 2.24) is 5.01 Å². The Morgan fingerprint density at radius 3 is 2.13 bits per heavy atom. The lowest BCUT2D eigenvalue weighted by Crippen LogP contribution is -2.39. The fourth-order valence-corrected chi connectivity index (χ4v) is 2.13. The van der Waals surface area contributed by atoms with Gasteiger partial charge in [-0.3, -0.25) is 5.01 Å². The van der Waals surface area contributed by atoms with Crippen molar-refractivity contribution < 1.29 is 0 Å². The Bertz CT molecular complexity index is 360. The molecule has 1 aromatic rings. The molecule has 0 aliphatic carbocycles. The van der Waals surface area contributed by atoms with Crippen LogP contribution >= 0.6 is 0 Å². The van der Waals surface area contributed by atoms with Crippen LogP contribution in [-0.4, -0.2) is 29.9 Å². The molecule has 0 radical (unpaired) electrons. The molecule has 80 valence electrons. The van der Waals surface area contributed by atoms with Gasteiger partial charge in [-0.25, -0.2) is 5.01 Å². The summed E-state index contributed by atoms with van der Waals surface area (Å²) in [6.45, 7) is 4.15. The van der Waals surface area contributed by atoms with Gasteiger partial charge in [-0.15, -0.1) is 0 Å². The maximum Gasteiger partial charge on any atom is 0.0820 e. The van der Waals surface area contributed by atoms with Gasteiger partial charge in [0.25, 0.3) is 0 Å². The van der Waals surface area contributed by atoms with E-state index in [2.05, 4.69) is 36.0 Å². The van der Waals surface area contributed by atoms with Gasteiger partial charge in [0, 0.05) is 7.05 Å². The molecule has 1 fully saturated rings. The SMILES string of the molecule is CC1C(=N)C(C)N(c2ccccc2)N1C. The Kier molecular flexibility index (Phi) is 2.49. The zero-order chi connectivity index (χ0) is 11.0. The van der Waals surface area contributed by atoms with E-state index in [1.165, 1.54) is 0 Å². The molecule has 1 aliphatic heterocycles. The smallest absolute Gasteiger partial charge is 0.0820 e. The van der Waals surface area contributed by atoms with E-state index in [0.717, 1.165) is 11.4 Å². The molecule has 0 saturated carbocycles. The Hall–Kier alpha value is -1.35. The van der Waals surface area contributed by atoms with Gasteiger partial charge in [0.2, 0.25) is 0 Å². The highest BCUT2D eigenvalue weighted by molar-refractivity contribution is 5.96. The number of hydrogen-bond donors (Lipinski definition) is 1. The lowest BCUT2D eigenvalue weighted by molar-refractivity contribution is 0.315. The molecule has 1 aromatic carbocycles. The fourth-order valence-electron chi connectivity index (χ4n) is 2.13. The van der Waals surface area contributed by atoms with Crippen LogP contribution in [0.2, 0.25) is 0 Å². The summed E-state index contributed by atoms with van der Waals surface area (Å²) in [7, 11) is 2.04. The quantitative estimate of drug-likeness (QED) is 0.758. The highest BCUT2D eigenvalue weighted by Crippen LogP contribution is 2.26. The van der Waals surface area contributed by atoms with Crippen LogP contribution < -0.4 is 5.01 Å². The van der Waals surface area contributed by atoms with Gasteiger partial charge in [0.05, 0.1) is 23.5 Å². The molecule has 2 rings (SSSR count). The van der Waals surface area contributed by atoms with Gasteiger partial charge >= 0.3 is 0 Å². The number of rotatable bonds is 1. The van der Waals surface area contributed by atoms with E-state index in [1.807, 2.05) is 25.2 Å². The molecule has 2 unspecified atom stereocenters. The van der Waals surface area contributed by atoms with E-state index in [4.69, 9.17) is 5.41 Å². The number of hydrogen-bond acceptors (Lipinski definition) is 3. The standard InChI is InChI=1S/C12H17N3/c1-9-12(13)10(2)15(14(9)3)11-7-5-4-6-8-11/h4-10,13H,1-3H3. The second-order valence-electron chi connectivity index (χ2n) is 4.06. The molecule has 15 heavy (non-hydrogen) atoms. The molecular weight excluding hydrogens is 186 g/mol. The zero-order valence-corrected chi connectivity index (χ0v) is 9.44. The Labute approximate surface area is 90.8 Å². The summed E-state index contributed by atoms with van der Waals surface area (Å²) in [4.78, 5) is 0. The van der Waals surface area contributed by atoms with Crippen molar-refractivity contribution in [3.05, 3.63) is 30.3 Å². The first-order chi connectivity index (χ1) is 7.13. The summed E-state index contributed by atoms with van der Waals surface area (Å²) in [5, 5.41) is 12.3. The van der Waals surface area contributed by atoms with Gasteiger partial charge < -0.3 is 5.41 Å². The lowest BCUT2D eigenvalue weighted by atomic mass is 10.1. The fraction of sp³-hybridized carbons (Fsp3) is 0.417. The summed E-state index contributed by atoms with van der Waals surface area (Å²) in [6, 6.07) is 10.6. The minimum Gasteiger partial charge on any atom is -0.306 e. The highest BCUT2D eigenvalue weighted by atomic mass is 15.7. The molecule has 0 amide bonds. The lowest BCUT2D eigenvalue weighted by Gasteiger charge is -2.30. The van der Waals surface area contributed by atoms with Crippen LogP contribution in [0.15, 0.2) is 30.3 Å². The van der Waals surface area contributed by atoms with Crippen LogP contribution in [0.25, 0.3) is 0 Å². The van der Waals surface area contributed by atoms with E-state index in [-0.39, 0.29) is 12.1 Å². The first-order valence-electron chi connectivity index (χ1n) is 5.28. The van der Waals surface area contributed by atoms with Crippen LogP contribution in [-0.2, 0) is 0 Å². The molecule has 1 aliphatic rings. The van der Waals surface area contributed by atoms with Gasteiger partial charge in [0.15, 0.2) is 0 Å². The summed E-state index contributed by atoms with van der Waals surface area (Å²) in [6.07, 6.45) is 0. The third kappa shape index (κ3) is 1.53. The van der Waals surface area contributed by atoms with Gasteiger partial charge in [-0.2, -0.15) is 0 Å². The van der Waals surface area contributed by atoms with Crippen molar-refractivity contribution in [1.29, 1.82) is 5.41 Å². The van der Waals surface area contributed by atoms with Crippen molar-refractivity contribution in [2.75, 3.05) is 12.1 Å². The summed E-state index contributed by atoms with van der Waals surface area (Å²) < 4.78 is 0. The minimum absolute atomic E-state index is 0.160. The second kappa shape index (κ2) is 3.66. The van der Waals surface area contributed by atoms with E-state index in [9.17, 15) is 0 Å². The number of hydrazine groups is 1. The van der Waals surface area contributed by atoms with E-state index < -0.39 is 0 Å². The van der Waals surface area contributed by atoms with Crippen LogP contribution in [0.5, 0.6) is 0 Å². The second-order valence-corrected chi connectivity index (χ2v) is 4.06. The van der Waals surface area contributed by atoms with Gasteiger partial charge in [-0.05, 0) is 26.0 Å². The van der Waals surface area contributed by atoms with E-state index in [0.29, 0.717) is 0 Å². The first-order valence-corrected chi connectivity index (χ1v) is 5.28. The van der Waals surface area contributed by atoms with E-state index >= 15 is 0 Å². The Morgan fingerprint density at radius 1 is 1.07 bits per heavy atom. The predicted octanol–water partition coefficient (Wildman–Crippen LogP) is 2.15. The minimum atomic E-state index is 0.160. The van der Waals surface area contributed by atoms with Crippen LogP contribution in [0.1, 0.15) is 13.8 Å². The predicted molar refractivity (Wildman–Crippen MR) is 63.3 cm³/mol. The molecule has 3 heteroatoms. The largest absolute Gasteiger partial charge is 0.306 e. The molecule has 0 aromatic heterocycles. The Balaban J connectivity index is 2.35. The van der Waals surface area contributed by atoms with Gasteiger partial charge in [-0.1, -0.05) is 18.2 Å². The van der Waals surface area contributed by atoms with E-state index in [1.54, 1.807) is 0 Å². The monoisotopic (exact) mass is 203 g/mol. The molecule has 1 heterocycles. The van der Waals surface area contributed by atoms with Crippen LogP contribution in [0.4, 0.5) is 5.69 Å². The first kappa shape index (κ1) is 10.2. The van der Waals surface area contributed by atoms with Crippen molar-refractivity contribution in [2.24, 2.45) is 0 Å². The number of nitrogens with one attached hydrogen (secondary N) is 1. The number of anilines is 1. The van der Waals surface area contributed by atoms with Crippen LogP contribution in [0, 0.1) is 5.41 Å². The molecular formula is C12H17N3. The molecule has 1 N–H and O–H groups in total. The van der Waals surface area contributed by atoms with Crippen molar-refractivity contribution in [2.45, 2.75) is 25.9 Å². The molecule has 0 spiro atoms. The highest BCUT2D eigenvalue weighted by Gasteiger charge is 2.36. The number of nitrogens with zero attached hydrogens (tertiary/aromatic N) is 2. The number of para-hydroxylation sites is 1. The third-order valence-electron chi connectivity index (χ3n) is 3.19. The molecule has 3 nitrogen and oxygen atoms in total. The summed E-state index contributed by atoms with van der Waals surface area (Å²) >= 11 is 0. The molecule has 2 atom stereocenters. The van der Waals surface area contributed by atoms with Crippen LogP contribution in [0.3, 0.4) is 0 Å². The summed E-state index contributed by atoms with van der Waals surface area (Å²) in [5.74, 6) is 0. The van der Waals surface area contributed by atoms with Crippen molar-refractivity contribution in [3.8, 4) is 0 Å². The maximum absolute atomic E-state index is 7.99. The Morgan fingerprint density at radius 2 is 1.67 bits per heavy atom. The molecule has 1 saturated heterocycles. The normalized spacial score (nSPS) is 27.4. The molecule has 0 bridgehead atoms. The maximum atomic E-state index is 7.99. The zero-order valence-electron chi connectivity index (χ0n) is 9.44. The average Bonchev–Trinajstić information content (AvgIpc) is 2.45. The topological polar surface area (TPSA) is 30.3 Å². The summed E-state index contributed by atoms with van der Waals surface area (Å²) in [5.41, 5.74) is 1.93. The average molecular weight is 203 g/mol. The van der Waals surface area contributed by atoms with Crippen molar-refractivity contribution in [3.63, 3.8) is 0 Å².